The van der Waals surface area contributed by atoms with Crippen LogP contribution in [0.15, 0.2) is 47.4 Å². The first-order valence-electron chi connectivity index (χ1n) is 6.30. The average Bonchev–Trinajstić information content (AvgIpc) is 2.37. The molecule has 4 nitrogen and oxygen atoms in total. The van der Waals surface area contributed by atoms with Crippen LogP contribution in [0.3, 0.4) is 0 Å². The van der Waals surface area contributed by atoms with E-state index in [1.807, 2.05) is 6.07 Å². The van der Waals surface area contributed by atoms with E-state index in [2.05, 4.69) is 31.3 Å². The Hall–Kier alpha value is -1.85. The Balaban J connectivity index is 2.12. The molecule has 0 atom stereocenters. The molecule has 106 valence electrons. The molecule has 0 aliphatic carbocycles. The van der Waals surface area contributed by atoms with Crippen molar-refractivity contribution < 1.29 is 8.42 Å². The summed E-state index contributed by atoms with van der Waals surface area (Å²) in [6.45, 7) is 4.86. The molecule has 0 amide bonds. The Kier molecular flexibility index (Phi) is 4.11. The lowest BCUT2D eigenvalue weighted by atomic mass is 10.0. The van der Waals surface area contributed by atoms with Crippen molar-refractivity contribution in [2.45, 2.75) is 25.3 Å². The minimum atomic E-state index is -3.63. The predicted molar refractivity (Wildman–Crippen MR) is 81.1 cm³/mol. The first-order chi connectivity index (χ1) is 9.38. The topological polar surface area (TPSA) is 72.2 Å². The molecule has 5 heteroatoms. The second-order valence-corrected chi connectivity index (χ2v) is 6.35. The number of hydrogen-bond donors (Lipinski definition) is 2. The summed E-state index contributed by atoms with van der Waals surface area (Å²) < 4.78 is 22.3. The smallest absolute Gasteiger partial charge is 0.238 e. The number of sulfonamides is 1. The van der Waals surface area contributed by atoms with Crippen LogP contribution in [0.25, 0.3) is 0 Å². The quantitative estimate of drug-likeness (QED) is 0.909. The molecule has 0 unspecified atom stereocenters. The van der Waals surface area contributed by atoms with Crippen molar-refractivity contribution in [3.8, 4) is 0 Å². The molecular formula is C15H18N2O2S. The predicted octanol–water partition coefficient (Wildman–Crippen LogP) is 2.56. The number of nitrogens with two attached hydrogens (primary N) is 1. The molecule has 0 saturated carbocycles. The van der Waals surface area contributed by atoms with Crippen LogP contribution in [0.2, 0.25) is 0 Å². The van der Waals surface area contributed by atoms with Gasteiger partial charge in [0.15, 0.2) is 0 Å². The van der Waals surface area contributed by atoms with Crippen LogP contribution in [-0.2, 0) is 16.6 Å². The fourth-order valence-electron chi connectivity index (χ4n) is 2.08. The number of nitrogens with one attached hydrogen (secondary N) is 1. The summed E-state index contributed by atoms with van der Waals surface area (Å²) in [4.78, 5) is 0.120. The van der Waals surface area contributed by atoms with Crippen molar-refractivity contribution in [2.75, 3.05) is 5.32 Å². The molecule has 0 radical (unpaired) electrons. The van der Waals surface area contributed by atoms with E-state index in [-0.39, 0.29) is 4.90 Å². The first-order valence-corrected chi connectivity index (χ1v) is 7.84. The molecule has 0 aromatic heterocycles. The largest absolute Gasteiger partial charge is 0.381 e. The van der Waals surface area contributed by atoms with Gasteiger partial charge in [-0.15, -0.1) is 0 Å². The Morgan fingerprint density at radius 2 is 1.55 bits per heavy atom. The molecule has 2 aromatic rings. The van der Waals surface area contributed by atoms with Crippen LogP contribution in [-0.4, -0.2) is 8.42 Å². The van der Waals surface area contributed by atoms with Gasteiger partial charge >= 0.3 is 0 Å². The van der Waals surface area contributed by atoms with E-state index in [1.165, 1.54) is 28.8 Å². The zero-order valence-corrected chi connectivity index (χ0v) is 12.4. The second-order valence-electron chi connectivity index (χ2n) is 4.79. The molecule has 0 aliphatic rings. The maximum absolute atomic E-state index is 11.2. The Bertz CT molecular complexity index is 687. The molecule has 0 bridgehead atoms. The van der Waals surface area contributed by atoms with Crippen molar-refractivity contribution in [3.63, 3.8) is 0 Å². The van der Waals surface area contributed by atoms with E-state index < -0.39 is 10.0 Å². The van der Waals surface area contributed by atoms with E-state index in [0.29, 0.717) is 6.54 Å². The monoisotopic (exact) mass is 290 g/mol. The molecule has 20 heavy (non-hydrogen) atoms. The number of anilines is 1. The molecule has 3 N–H and O–H groups in total. The lowest BCUT2D eigenvalue weighted by molar-refractivity contribution is 0.598. The van der Waals surface area contributed by atoms with Gasteiger partial charge in [-0.25, -0.2) is 13.6 Å². The van der Waals surface area contributed by atoms with E-state index >= 15 is 0 Å². The third-order valence-electron chi connectivity index (χ3n) is 3.30. The Labute approximate surface area is 119 Å². The average molecular weight is 290 g/mol. The third kappa shape index (κ3) is 3.37. The highest BCUT2D eigenvalue weighted by Gasteiger charge is 2.07. The van der Waals surface area contributed by atoms with Crippen LogP contribution in [0, 0.1) is 13.8 Å². The number of aryl methyl sites for hydroxylation is 2. The van der Waals surface area contributed by atoms with Gasteiger partial charge in [0.2, 0.25) is 10.0 Å². The highest BCUT2D eigenvalue weighted by molar-refractivity contribution is 7.89. The maximum atomic E-state index is 11.2. The van der Waals surface area contributed by atoms with Gasteiger partial charge in [0.25, 0.3) is 0 Å². The number of primary sulfonamides is 1. The zero-order valence-electron chi connectivity index (χ0n) is 11.6. The molecule has 2 rings (SSSR count). The zero-order chi connectivity index (χ0) is 14.8. The van der Waals surface area contributed by atoms with Crippen molar-refractivity contribution in [2.24, 2.45) is 5.14 Å². The van der Waals surface area contributed by atoms with Gasteiger partial charge in [0.1, 0.15) is 0 Å². The van der Waals surface area contributed by atoms with Crippen LogP contribution in [0.4, 0.5) is 5.69 Å². The van der Waals surface area contributed by atoms with Gasteiger partial charge in [-0.2, -0.15) is 0 Å². The molecule has 0 aliphatic heterocycles. The minimum Gasteiger partial charge on any atom is -0.381 e. The Morgan fingerprint density at radius 3 is 2.05 bits per heavy atom. The summed E-state index contributed by atoms with van der Waals surface area (Å²) in [7, 11) is -3.63. The first kappa shape index (κ1) is 14.6. The van der Waals surface area contributed by atoms with Crippen molar-refractivity contribution in [1.82, 2.24) is 0 Å². The number of rotatable bonds is 4. The van der Waals surface area contributed by atoms with E-state index in [1.54, 1.807) is 12.1 Å². The molecule has 0 spiro atoms. The minimum absolute atomic E-state index is 0.120. The summed E-state index contributed by atoms with van der Waals surface area (Å²) in [5.41, 5.74) is 4.58. The van der Waals surface area contributed by atoms with Crippen LogP contribution in [0.5, 0.6) is 0 Å². The van der Waals surface area contributed by atoms with Gasteiger partial charge < -0.3 is 5.32 Å². The SMILES string of the molecule is Cc1cccc(C)c1CNc1ccc(S(N)(=O)=O)cc1. The summed E-state index contributed by atoms with van der Waals surface area (Å²) in [5, 5.41) is 8.35. The number of benzene rings is 2. The standard InChI is InChI=1S/C15H18N2O2S/c1-11-4-3-5-12(2)15(11)10-17-13-6-8-14(9-7-13)20(16,18)19/h3-9,17H,10H2,1-2H3,(H2,16,18,19). The van der Waals surface area contributed by atoms with Gasteiger partial charge in [0.05, 0.1) is 4.90 Å². The third-order valence-corrected chi connectivity index (χ3v) is 4.23. The molecular weight excluding hydrogens is 272 g/mol. The lowest BCUT2D eigenvalue weighted by Gasteiger charge is -2.12. The van der Waals surface area contributed by atoms with Crippen LogP contribution < -0.4 is 10.5 Å². The van der Waals surface area contributed by atoms with Crippen LogP contribution in [0.1, 0.15) is 16.7 Å². The van der Waals surface area contributed by atoms with E-state index in [4.69, 9.17) is 5.14 Å². The summed E-state index contributed by atoms with van der Waals surface area (Å²) in [6.07, 6.45) is 0. The van der Waals surface area contributed by atoms with Crippen molar-refractivity contribution >= 4 is 15.7 Å². The van der Waals surface area contributed by atoms with Crippen molar-refractivity contribution in [1.29, 1.82) is 0 Å². The molecule has 0 saturated heterocycles. The fraction of sp³-hybridized carbons (Fsp3) is 0.200. The van der Waals surface area contributed by atoms with Gasteiger partial charge in [-0.3, -0.25) is 0 Å². The highest BCUT2D eigenvalue weighted by Crippen LogP contribution is 2.17. The van der Waals surface area contributed by atoms with Crippen molar-refractivity contribution in [3.05, 3.63) is 59.2 Å². The summed E-state index contributed by atoms with van der Waals surface area (Å²) in [6, 6.07) is 12.6. The van der Waals surface area contributed by atoms with Gasteiger partial charge in [-0.05, 0) is 54.8 Å². The summed E-state index contributed by atoms with van der Waals surface area (Å²) >= 11 is 0. The second kappa shape index (κ2) is 5.64. The maximum Gasteiger partial charge on any atom is 0.238 e. The highest BCUT2D eigenvalue weighted by atomic mass is 32.2. The Morgan fingerprint density at radius 1 is 1.00 bits per heavy atom. The van der Waals surface area contributed by atoms with Gasteiger partial charge in [0, 0.05) is 12.2 Å². The normalized spacial score (nSPS) is 11.3. The fourth-order valence-corrected chi connectivity index (χ4v) is 2.60. The van der Waals surface area contributed by atoms with E-state index in [0.717, 1.165) is 5.69 Å². The molecule has 0 fully saturated rings. The van der Waals surface area contributed by atoms with E-state index in [9.17, 15) is 8.42 Å². The summed E-state index contributed by atoms with van der Waals surface area (Å²) in [5.74, 6) is 0. The molecule has 2 aromatic carbocycles. The lowest BCUT2D eigenvalue weighted by Crippen LogP contribution is -2.12. The number of hydrogen-bond acceptors (Lipinski definition) is 3. The van der Waals surface area contributed by atoms with Crippen LogP contribution >= 0.6 is 0 Å². The van der Waals surface area contributed by atoms with Gasteiger partial charge in [-0.1, -0.05) is 18.2 Å². The molecule has 0 heterocycles.